The van der Waals surface area contributed by atoms with E-state index in [9.17, 15) is 4.79 Å². The van der Waals surface area contributed by atoms with Gasteiger partial charge in [0, 0.05) is 6.04 Å². The van der Waals surface area contributed by atoms with Crippen LogP contribution in [0.4, 0.5) is 11.4 Å². The maximum Gasteiger partial charge on any atom is 0.337 e. The summed E-state index contributed by atoms with van der Waals surface area (Å²) < 4.78 is 4.71. The van der Waals surface area contributed by atoms with Gasteiger partial charge in [-0.3, -0.25) is 0 Å². The zero-order chi connectivity index (χ0) is 13.0. The van der Waals surface area contributed by atoms with Crippen LogP contribution in [0.15, 0.2) is 18.2 Å². The van der Waals surface area contributed by atoms with E-state index in [1.54, 1.807) is 18.2 Å². The van der Waals surface area contributed by atoms with E-state index in [0.29, 0.717) is 17.3 Å². The van der Waals surface area contributed by atoms with E-state index in [0.717, 1.165) is 5.69 Å². The molecular formula is C14H20N2O2. The topological polar surface area (TPSA) is 64.3 Å². The van der Waals surface area contributed by atoms with Crippen LogP contribution in [0.2, 0.25) is 0 Å². The first kappa shape index (κ1) is 12.7. The van der Waals surface area contributed by atoms with Crippen LogP contribution in [0.5, 0.6) is 0 Å². The quantitative estimate of drug-likeness (QED) is 0.637. The van der Waals surface area contributed by atoms with Crippen molar-refractivity contribution in [1.29, 1.82) is 0 Å². The number of methoxy groups -OCH3 is 1. The van der Waals surface area contributed by atoms with Gasteiger partial charge in [-0.05, 0) is 31.0 Å². The Bertz CT molecular complexity index is 426. The molecule has 1 fully saturated rings. The van der Waals surface area contributed by atoms with Crippen LogP contribution in [0.25, 0.3) is 0 Å². The molecule has 0 spiro atoms. The van der Waals surface area contributed by atoms with Gasteiger partial charge in [-0.1, -0.05) is 19.3 Å². The number of carbonyl (C=O) groups is 1. The van der Waals surface area contributed by atoms with Gasteiger partial charge in [0.05, 0.1) is 24.0 Å². The third kappa shape index (κ3) is 2.94. The van der Waals surface area contributed by atoms with Crippen LogP contribution < -0.4 is 11.1 Å². The first-order chi connectivity index (χ1) is 8.70. The van der Waals surface area contributed by atoms with E-state index in [2.05, 4.69) is 5.32 Å². The molecule has 4 nitrogen and oxygen atoms in total. The van der Waals surface area contributed by atoms with Gasteiger partial charge in [0.15, 0.2) is 0 Å². The largest absolute Gasteiger partial charge is 0.465 e. The number of nitrogen functional groups attached to an aromatic ring is 1. The predicted octanol–water partition coefficient (Wildman–Crippen LogP) is 2.80. The Hall–Kier alpha value is -1.71. The average Bonchev–Trinajstić information content (AvgIpc) is 2.41. The standard InChI is InChI=1S/C14H20N2O2/c1-18-14(17)10-7-8-12(15)13(9-10)16-11-5-3-2-4-6-11/h7-9,11,16H,2-6,15H2,1H3. The molecule has 1 aliphatic rings. The second-order valence-corrected chi connectivity index (χ2v) is 4.77. The Morgan fingerprint density at radius 2 is 2.06 bits per heavy atom. The molecule has 0 aliphatic heterocycles. The number of rotatable bonds is 3. The highest BCUT2D eigenvalue weighted by Crippen LogP contribution is 2.26. The second-order valence-electron chi connectivity index (χ2n) is 4.77. The summed E-state index contributed by atoms with van der Waals surface area (Å²) in [5.41, 5.74) is 7.98. The molecule has 0 bridgehead atoms. The Morgan fingerprint density at radius 3 is 2.72 bits per heavy atom. The number of hydrogen-bond acceptors (Lipinski definition) is 4. The molecule has 18 heavy (non-hydrogen) atoms. The van der Waals surface area contributed by atoms with Crippen molar-refractivity contribution in [3.05, 3.63) is 23.8 Å². The molecule has 0 atom stereocenters. The molecule has 0 heterocycles. The molecule has 0 amide bonds. The summed E-state index contributed by atoms with van der Waals surface area (Å²) in [6.07, 6.45) is 6.17. The van der Waals surface area contributed by atoms with Crippen molar-refractivity contribution >= 4 is 17.3 Å². The van der Waals surface area contributed by atoms with Gasteiger partial charge in [0.2, 0.25) is 0 Å². The zero-order valence-electron chi connectivity index (χ0n) is 10.7. The van der Waals surface area contributed by atoms with Crippen molar-refractivity contribution < 1.29 is 9.53 Å². The van der Waals surface area contributed by atoms with Gasteiger partial charge in [-0.25, -0.2) is 4.79 Å². The summed E-state index contributed by atoms with van der Waals surface area (Å²) in [5, 5.41) is 3.44. The first-order valence-electron chi connectivity index (χ1n) is 6.45. The van der Waals surface area contributed by atoms with Crippen LogP contribution in [0.3, 0.4) is 0 Å². The smallest absolute Gasteiger partial charge is 0.337 e. The summed E-state index contributed by atoms with van der Waals surface area (Å²) in [6.45, 7) is 0. The predicted molar refractivity (Wildman–Crippen MR) is 72.7 cm³/mol. The lowest BCUT2D eigenvalue weighted by molar-refractivity contribution is 0.0601. The lowest BCUT2D eigenvalue weighted by atomic mass is 9.95. The minimum Gasteiger partial charge on any atom is -0.465 e. The summed E-state index contributed by atoms with van der Waals surface area (Å²) in [5.74, 6) is -0.332. The van der Waals surface area contributed by atoms with Gasteiger partial charge in [0.25, 0.3) is 0 Å². The number of carbonyl (C=O) groups excluding carboxylic acids is 1. The molecule has 1 aromatic carbocycles. The fourth-order valence-electron chi connectivity index (χ4n) is 2.39. The molecule has 0 aromatic heterocycles. The summed E-state index contributed by atoms with van der Waals surface area (Å²) >= 11 is 0. The molecule has 0 saturated heterocycles. The first-order valence-corrected chi connectivity index (χ1v) is 6.45. The van der Waals surface area contributed by atoms with Gasteiger partial charge < -0.3 is 15.8 Å². The minimum atomic E-state index is -0.332. The number of esters is 1. The Morgan fingerprint density at radius 1 is 1.33 bits per heavy atom. The van der Waals surface area contributed by atoms with E-state index < -0.39 is 0 Å². The third-order valence-corrected chi connectivity index (χ3v) is 3.44. The zero-order valence-corrected chi connectivity index (χ0v) is 10.7. The summed E-state index contributed by atoms with van der Waals surface area (Å²) in [6, 6.07) is 5.68. The van der Waals surface area contributed by atoms with Crippen molar-refractivity contribution in [2.45, 2.75) is 38.1 Å². The van der Waals surface area contributed by atoms with Crippen molar-refractivity contribution in [1.82, 2.24) is 0 Å². The van der Waals surface area contributed by atoms with Gasteiger partial charge in [-0.2, -0.15) is 0 Å². The van der Waals surface area contributed by atoms with Gasteiger partial charge in [-0.15, -0.1) is 0 Å². The van der Waals surface area contributed by atoms with Crippen molar-refractivity contribution in [2.24, 2.45) is 0 Å². The number of benzene rings is 1. The Kier molecular flexibility index (Phi) is 4.07. The van der Waals surface area contributed by atoms with E-state index in [1.807, 2.05) is 0 Å². The highest BCUT2D eigenvalue weighted by Gasteiger charge is 2.15. The SMILES string of the molecule is COC(=O)c1ccc(N)c(NC2CCCCC2)c1. The van der Waals surface area contributed by atoms with Crippen LogP contribution in [0.1, 0.15) is 42.5 Å². The van der Waals surface area contributed by atoms with E-state index in [-0.39, 0.29) is 5.97 Å². The molecule has 1 saturated carbocycles. The third-order valence-electron chi connectivity index (χ3n) is 3.44. The van der Waals surface area contributed by atoms with Crippen LogP contribution in [0, 0.1) is 0 Å². The Balaban J connectivity index is 2.12. The molecule has 0 radical (unpaired) electrons. The van der Waals surface area contributed by atoms with E-state index >= 15 is 0 Å². The van der Waals surface area contributed by atoms with Crippen LogP contribution >= 0.6 is 0 Å². The molecule has 1 aromatic rings. The fraction of sp³-hybridized carbons (Fsp3) is 0.500. The van der Waals surface area contributed by atoms with Crippen molar-refractivity contribution in [2.75, 3.05) is 18.2 Å². The Labute approximate surface area is 108 Å². The maximum absolute atomic E-state index is 11.5. The normalized spacial score (nSPS) is 16.3. The molecule has 98 valence electrons. The number of anilines is 2. The fourth-order valence-corrected chi connectivity index (χ4v) is 2.39. The lowest BCUT2D eigenvalue weighted by Crippen LogP contribution is -2.23. The highest BCUT2D eigenvalue weighted by molar-refractivity contribution is 5.91. The molecular weight excluding hydrogens is 228 g/mol. The van der Waals surface area contributed by atoms with Crippen LogP contribution in [-0.2, 0) is 4.74 Å². The summed E-state index contributed by atoms with van der Waals surface area (Å²) in [4.78, 5) is 11.5. The highest BCUT2D eigenvalue weighted by atomic mass is 16.5. The monoisotopic (exact) mass is 248 g/mol. The summed E-state index contributed by atoms with van der Waals surface area (Å²) in [7, 11) is 1.38. The average molecular weight is 248 g/mol. The lowest BCUT2D eigenvalue weighted by Gasteiger charge is -2.24. The van der Waals surface area contributed by atoms with Crippen LogP contribution in [-0.4, -0.2) is 19.1 Å². The molecule has 4 heteroatoms. The number of hydrogen-bond donors (Lipinski definition) is 2. The van der Waals surface area contributed by atoms with E-state index in [4.69, 9.17) is 10.5 Å². The molecule has 2 rings (SSSR count). The van der Waals surface area contributed by atoms with E-state index in [1.165, 1.54) is 39.2 Å². The maximum atomic E-state index is 11.5. The molecule has 3 N–H and O–H groups in total. The molecule has 0 unspecified atom stereocenters. The van der Waals surface area contributed by atoms with Gasteiger partial charge >= 0.3 is 5.97 Å². The van der Waals surface area contributed by atoms with Crippen molar-refractivity contribution in [3.63, 3.8) is 0 Å². The number of nitrogens with one attached hydrogen (secondary N) is 1. The van der Waals surface area contributed by atoms with Crippen molar-refractivity contribution in [3.8, 4) is 0 Å². The molecule has 1 aliphatic carbocycles. The second kappa shape index (κ2) is 5.76. The number of ether oxygens (including phenoxy) is 1. The number of nitrogens with two attached hydrogens (primary N) is 1. The van der Waals surface area contributed by atoms with Gasteiger partial charge in [0.1, 0.15) is 0 Å². The minimum absolute atomic E-state index is 0.332.